The van der Waals surface area contributed by atoms with Gasteiger partial charge in [-0.25, -0.2) is 4.68 Å². The molecule has 1 amide bonds. The molecule has 0 aromatic carbocycles. The van der Waals surface area contributed by atoms with Crippen molar-refractivity contribution >= 4 is 27.9 Å². The number of hydrogen-bond donors (Lipinski definition) is 1. The summed E-state index contributed by atoms with van der Waals surface area (Å²) in [6.07, 6.45) is 4.91. The van der Waals surface area contributed by atoms with E-state index in [4.69, 9.17) is 4.42 Å². The second kappa shape index (κ2) is 6.39. The van der Waals surface area contributed by atoms with Gasteiger partial charge in [-0.3, -0.25) is 14.6 Å². The zero-order valence-corrected chi connectivity index (χ0v) is 15.3. The van der Waals surface area contributed by atoms with Gasteiger partial charge in [-0.15, -0.1) is 0 Å². The number of amides is 1. The molecule has 8 nitrogen and oxygen atoms in total. The van der Waals surface area contributed by atoms with Crippen LogP contribution in [0.15, 0.2) is 46.0 Å². The summed E-state index contributed by atoms with van der Waals surface area (Å²) in [6, 6.07) is 4.78. The molecule has 138 valence electrons. The number of nitrogens with one attached hydrogen (secondary N) is 1. The summed E-state index contributed by atoms with van der Waals surface area (Å²) < 4.78 is 8.68. The minimum atomic E-state index is -0.744. The summed E-state index contributed by atoms with van der Waals surface area (Å²) in [7, 11) is 1.81. The Balaban J connectivity index is 1.66. The Hall–Kier alpha value is -3.42. The highest BCUT2D eigenvalue weighted by Crippen LogP contribution is 2.28. The van der Waals surface area contributed by atoms with Crippen LogP contribution in [0.25, 0.3) is 22.0 Å². The van der Waals surface area contributed by atoms with E-state index in [-0.39, 0.29) is 11.5 Å². The summed E-state index contributed by atoms with van der Waals surface area (Å²) in [6.45, 7) is 3.87. The molecule has 4 aromatic heterocycles. The van der Waals surface area contributed by atoms with E-state index in [9.17, 15) is 9.59 Å². The Bertz CT molecular complexity index is 1200. The molecular formula is C19H19N5O3. The standard InChI is InChI=1S/C19H19N5O3/c1-11-8-15-17(27-11)14-10-22-24(19(26)16(14)23(15)3)12(2)18(25)21-9-13-4-6-20-7-5-13/h4-8,10,12H,9H2,1-3H3,(H,21,25)/t12-/m1/s1. The van der Waals surface area contributed by atoms with Crippen LogP contribution in [0.2, 0.25) is 0 Å². The molecule has 0 radical (unpaired) electrons. The minimum absolute atomic E-state index is 0.283. The first-order chi connectivity index (χ1) is 13.0. The van der Waals surface area contributed by atoms with Gasteiger partial charge in [0, 0.05) is 32.1 Å². The average Bonchev–Trinajstić information content (AvgIpc) is 3.17. The third-order valence-electron chi connectivity index (χ3n) is 4.72. The topological polar surface area (TPSA) is 95.0 Å². The lowest BCUT2D eigenvalue weighted by Gasteiger charge is -2.14. The molecule has 1 N–H and O–H groups in total. The number of aromatic nitrogens is 4. The maximum atomic E-state index is 13.0. The van der Waals surface area contributed by atoms with Gasteiger partial charge in [0.15, 0.2) is 5.58 Å². The predicted molar refractivity (Wildman–Crippen MR) is 100 cm³/mol. The highest BCUT2D eigenvalue weighted by Gasteiger charge is 2.22. The van der Waals surface area contributed by atoms with Crippen LogP contribution in [0.4, 0.5) is 0 Å². The SMILES string of the molecule is Cc1cc2c(o1)c1cnn([C@H](C)C(=O)NCc3ccncc3)c(=O)c1n2C. The lowest BCUT2D eigenvalue weighted by Crippen LogP contribution is -2.37. The fourth-order valence-corrected chi connectivity index (χ4v) is 3.24. The number of pyridine rings is 1. The first-order valence-electron chi connectivity index (χ1n) is 8.60. The second-order valence-corrected chi connectivity index (χ2v) is 6.54. The predicted octanol–water partition coefficient (Wildman–Crippen LogP) is 2.06. The molecule has 4 heterocycles. The van der Waals surface area contributed by atoms with E-state index in [2.05, 4.69) is 15.4 Å². The molecule has 4 rings (SSSR count). The summed E-state index contributed by atoms with van der Waals surface area (Å²) in [5, 5.41) is 7.68. The monoisotopic (exact) mass is 365 g/mol. The van der Waals surface area contributed by atoms with Crippen molar-refractivity contribution in [1.29, 1.82) is 0 Å². The first-order valence-corrected chi connectivity index (χ1v) is 8.60. The molecular weight excluding hydrogens is 346 g/mol. The van der Waals surface area contributed by atoms with Crippen molar-refractivity contribution in [2.45, 2.75) is 26.4 Å². The number of furan rings is 1. The van der Waals surface area contributed by atoms with Crippen LogP contribution < -0.4 is 10.9 Å². The molecule has 0 unspecified atom stereocenters. The molecule has 0 aliphatic carbocycles. The van der Waals surface area contributed by atoms with Gasteiger partial charge in [0.05, 0.1) is 17.1 Å². The molecule has 27 heavy (non-hydrogen) atoms. The molecule has 0 saturated carbocycles. The van der Waals surface area contributed by atoms with Gasteiger partial charge in [0.25, 0.3) is 5.56 Å². The largest absolute Gasteiger partial charge is 0.459 e. The summed E-state index contributed by atoms with van der Waals surface area (Å²) in [5.41, 5.74) is 2.53. The van der Waals surface area contributed by atoms with Crippen molar-refractivity contribution in [3.8, 4) is 0 Å². The van der Waals surface area contributed by atoms with Crippen molar-refractivity contribution < 1.29 is 9.21 Å². The Labute approximate surface area is 154 Å². The van der Waals surface area contributed by atoms with Crippen molar-refractivity contribution in [1.82, 2.24) is 24.6 Å². The molecule has 0 aliphatic heterocycles. The number of aryl methyl sites for hydroxylation is 2. The van der Waals surface area contributed by atoms with Gasteiger partial charge in [0.2, 0.25) is 5.91 Å². The van der Waals surface area contributed by atoms with E-state index < -0.39 is 6.04 Å². The lowest BCUT2D eigenvalue weighted by molar-refractivity contribution is -0.124. The van der Waals surface area contributed by atoms with Crippen LogP contribution >= 0.6 is 0 Å². The van der Waals surface area contributed by atoms with E-state index >= 15 is 0 Å². The smallest absolute Gasteiger partial charge is 0.292 e. The van der Waals surface area contributed by atoms with E-state index in [1.807, 2.05) is 25.1 Å². The number of rotatable bonds is 4. The van der Waals surface area contributed by atoms with E-state index in [0.717, 1.165) is 16.8 Å². The number of carbonyl (C=O) groups is 1. The molecule has 0 saturated heterocycles. The van der Waals surface area contributed by atoms with Crippen molar-refractivity contribution in [2.75, 3.05) is 0 Å². The Morgan fingerprint density at radius 3 is 2.81 bits per heavy atom. The minimum Gasteiger partial charge on any atom is -0.459 e. The van der Waals surface area contributed by atoms with Crippen molar-refractivity contribution in [3.05, 3.63) is 58.5 Å². The Morgan fingerprint density at radius 2 is 2.07 bits per heavy atom. The van der Waals surface area contributed by atoms with Crippen LogP contribution in [0.5, 0.6) is 0 Å². The number of fused-ring (bicyclic) bond motifs is 3. The fraction of sp³-hybridized carbons (Fsp3) is 0.263. The molecule has 0 fully saturated rings. The van der Waals surface area contributed by atoms with Crippen LogP contribution in [-0.2, 0) is 18.4 Å². The zero-order chi connectivity index (χ0) is 19.1. The van der Waals surface area contributed by atoms with Crippen molar-refractivity contribution in [3.63, 3.8) is 0 Å². The van der Waals surface area contributed by atoms with Crippen molar-refractivity contribution in [2.24, 2.45) is 7.05 Å². The Morgan fingerprint density at radius 1 is 1.33 bits per heavy atom. The van der Waals surface area contributed by atoms with Gasteiger partial charge >= 0.3 is 0 Å². The summed E-state index contributed by atoms with van der Waals surface area (Å²) >= 11 is 0. The summed E-state index contributed by atoms with van der Waals surface area (Å²) in [4.78, 5) is 29.4. The fourth-order valence-electron chi connectivity index (χ4n) is 3.24. The quantitative estimate of drug-likeness (QED) is 0.597. The number of hydrogen-bond acceptors (Lipinski definition) is 5. The third-order valence-corrected chi connectivity index (χ3v) is 4.72. The zero-order valence-electron chi connectivity index (χ0n) is 15.3. The normalized spacial score (nSPS) is 12.6. The van der Waals surface area contributed by atoms with Gasteiger partial charge in [-0.05, 0) is 31.5 Å². The molecule has 4 aromatic rings. The van der Waals surface area contributed by atoms with Crippen LogP contribution in [-0.4, -0.2) is 25.2 Å². The van der Waals surface area contributed by atoms with Crippen LogP contribution in [0.3, 0.4) is 0 Å². The molecule has 1 atom stereocenters. The second-order valence-electron chi connectivity index (χ2n) is 6.54. The molecule has 0 aliphatic rings. The first kappa shape index (κ1) is 17.0. The van der Waals surface area contributed by atoms with Crippen LogP contribution in [0.1, 0.15) is 24.3 Å². The maximum absolute atomic E-state index is 13.0. The van der Waals surface area contributed by atoms with Gasteiger partial charge < -0.3 is 14.3 Å². The maximum Gasteiger partial charge on any atom is 0.292 e. The lowest BCUT2D eigenvalue weighted by atomic mass is 10.2. The van der Waals surface area contributed by atoms with E-state index in [1.54, 1.807) is 37.1 Å². The molecule has 8 heteroatoms. The van der Waals surface area contributed by atoms with E-state index in [0.29, 0.717) is 23.0 Å². The Kier molecular flexibility index (Phi) is 4.02. The van der Waals surface area contributed by atoms with Gasteiger partial charge in [-0.2, -0.15) is 5.10 Å². The summed E-state index contributed by atoms with van der Waals surface area (Å²) in [5.74, 6) is 0.486. The molecule has 0 spiro atoms. The highest BCUT2D eigenvalue weighted by molar-refractivity contribution is 6.04. The molecule has 0 bridgehead atoms. The van der Waals surface area contributed by atoms with Gasteiger partial charge in [-0.1, -0.05) is 0 Å². The number of nitrogens with zero attached hydrogens (tertiary/aromatic N) is 4. The highest BCUT2D eigenvalue weighted by atomic mass is 16.3. The third kappa shape index (κ3) is 2.79. The van der Waals surface area contributed by atoms with E-state index in [1.165, 1.54) is 4.68 Å². The van der Waals surface area contributed by atoms with Crippen LogP contribution in [0, 0.1) is 6.92 Å². The van der Waals surface area contributed by atoms with Gasteiger partial charge in [0.1, 0.15) is 17.3 Å². The average molecular weight is 365 g/mol. The number of carbonyl (C=O) groups excluding carboxylic acids is 1.